The van der Waals surface area contributed by atoms with Crippen LogP contribution in [-0.4, -0.2) is 53.2 Å². The third-order valence-electron chi connectivity index (χ3n) is 4.60. The first kappa shape index (κ1) is 20.6. The zero-order valence-electron chi connectivity index (χ0n) is 16.2. The minimum Gasteiger partial charge on any atom is -0.497 e. The molecule has 0 unspecified atom stereocenters. The van der Waals surface area contributed by atoms with Gasteiger partial charge in [0, 0.05) is 32.2 Å². The van der Waals surface area contributed by atoms with Crippen molar-refractivity contribution in [2.75, 3.05) is 40.5 Å². The Morgan fingerprint density at radius 3 is 2.07 bits per heavy atom. The number of rotatable bonds is 8. The SMILES string of the molecule is COc1cc(CNCc2ccc(S(=O)(=O)N3CCOCC3)cc2)cc(OC)c1. The summed E-state index contributed by atoms with van der Waals surface area (Å²) in [7, 11) is -0.206. The molecule has 0 atom stereocenters. The molecule has 1 N–H and O–H groups in total. The number of nitrogens with zero attached hydrogens (tertiary/aromatic N) is 1. The molecule has 2 aromatic rings. The molecule has 1 aliphatic heterocycles. The maximum Gasteiger partial charge on any atom is 0.243 e. The minimum absolute atomic E-state index is 0.315. The van der Waals surface area contributed by atoms with Crippen LogP contribution in [-0.2, 0) is 27.8 Å². The van der Waals surface area contributed by atoms with Crippen LogP contribution in [0.15, 0.2) is 47.4 Å². The van der Waals surface area contributed by atoms with Crippen molar-refractivity contribution >= 4 is 10.0 Å². The predicted molar refractivity (Wildman–Crippen MR) is 106 cm³/mol. The van der Waals surface area contributed by atoms with Gasteiger partial charge >= 0.3 is 0 Å². The molecule has 2 aromatic carbocycles. The van der Waals surface area contributed by atoms with Crippen LogP contribution >= 0.6 is 0 Å². The smallest absolute Gasteiger partial charge is 0.243 e. The van der Waals surface area contributed by atoms with E-state index < -0.39 is 10.0 Å². The van der Waals surface area contributed by atoms with Gasteiger partial charge in [-0.15, -0.1) is 0 Å². The summed E-state index contributed by atoms with van der Waals surface area (Å²) in [6.07, 6.45) is 0. The highest BCUT2D eigenvalue weighted by Crippen LogP contribution is 2.22. The lowest BCUT2D eigenvalue weighted by Crippen LogP contribution is -2.40. The first-order chi connectivity index (χ1) is 13.5. The number of hydrogen-bond donors (Lipinski definition) is 1. The van der Waals surface area contributed by atoms with Gasteiger partial charge in [0.25, 0.3) is 0 Å². The van der Waals surface area contributed by atoms with Crippen LogP contribution in [0.25, 0.3) is 0 Å². The normalized spacial score (nSPS) is 15.4. The minimum atomic E-state index is -3.45. The van der Waals surface area contributed by atoms with E-state index in [1.807, 2.05) is 30.3 Å². The largest absolute Gasteiger partial charge is 0.497 e. The molecule has 0 saturated carbocycles. The Morgan fingerprint density at radius 2 is 1.50 bits per heavy atom. The van der Waals surface area contributed by atoms with Crippen molar-refractivity contribution in [1.29, 1.82) is 0 Å². The molecule has 0 aromatic heterocycles. The van der Waals surface area contributed by atoms with Crippen molar-refractivity contribution < 1.29 is 22.6 Å². The van der Waals surface area contributed by atoms with Crippen molar-refractivity contribution in [2.24, 2.45) is 0 Å². The van der Waals surface area contributed by atoms with Crippen molar-refractivity contribution in [2.45, 2.75) is 18.0 Å². The molecule has 1 saturated heterocycles. The van der Waals surface area contributed by atoms with Crippen LogP contribution in [0.2, 0.25) is 0 Å². The second kappa shape index (κ2) is 9.38. The summed E-state index contributed by atoms with van der Waals surface area (Å²) in [5.41, 5.74) is 2.05. The van der Waals surface area contributed by atoms with Crippen LogP contribution in [0, 0.1) is 0 Å². The van der Waals surface area contributed by atoms with Gasteiger partial charge in [-0.1, -0.05) is 12.1 Å². The van der Waals surface area contributed by atoms with E-state index in [0.717, 1.165) is 22.6 Å². The third-order valence-corrected chi connectivity index (χ3v) is 6.51. The molecule has 8 heteroatoms. The van der Waals surface area contributed by atoms with Crippen LogP contribution < -0.4 is 14.8 Å². The summed E-state index contributed by atoms with van der Waals surface area (Å²) >= 11 is 0. The molecule has 152 valence electrons. The van der Waals surface area contributed by atoms with Gasteiger partial charge in [-0.2, -0.15) is 4.31 Å². The summed E-state index contributed by atoms with van der Waals surface area (Å²) in [6, 6.07) is 12.7. The maximum absolute atomic E-state index is 12.6. The van der Waals surface area contributed by atoms with Gasteiger partial charge in [0.05, 0.1) is 32.3 Å². The Bertz CT molecular complexity index is 856. The number of sulfonamides is 1. The second-order valence-electron chi connectivity index (χ2n) is 6.48. The first-order valence-electron chi connectivity index (χ1n) is 9.12. The first-order valence-corrected chi connectivity index (χ1v) is 10.6. The molecular weight excluding hydrogens is 380 g/mol. The van der Waals surface area contributed by atoms with Crippen LogP contribution in [0.4, 0.5) is 0 Å². The van der Waals surface area contributed by atoms with E-state index in [9.17, 15) is 8.42 Å². The van der Waals surface area contributed by atoms with Gasteiger partial charge < -0.3 is 19.5 Å². The third kappa shape index (κ3) is 5.02. The summed E-state index contributed by atoms with van der Waals surface area (Å²) in [6.45, 7) is 2.94. The Kier molecular flexibility index (Phi) is 6.90. The molecule has 0 amide bonds. The molecule has 7 nitrogen and oxygen atoms in total. The fraction of sp³-hybridized carbons (Fsp3) is 0.400. The molecule has 3 rings (SSSR count). The quantitative estimate of drug-likeness (QED) is 0.723. The lowest BCUT2D eigenvalue weighted by Gasteiger charge is -2.26. The van der Waals surface area contributed by atoms with Gasteiger partial charge in [-0.25, -0.2) is 8.42 Å². The second-order valence-corrected chi connectivity index (χ2v) is 8.42. The molecule has 0 aliphatic carbocycles. The Hall–Kier alpha value is -2.13. The van der Waals surface area contributed by atoms with Gasteiger partial charge in [0.15, 0.2) is 0 Å². The van der Waals surface area contributed by atoms with E-state index in [1.165, 1.54) is 4.31 Å². The van der Waals surface area contributed by atoms with E-state index >= 15 is 0 Å². The van der Waals surface area contributed by atoms with Crippen LogP contribution in [0.3, 0.4) is 0 Å². The van der Waals surface area contributed by atoms with Crippen molar-refractivity contribution in [1.82, 2.24) is 9.62 Å². The zero-order chi connectivity index (χ0) is 20.0. The number of morpholine rings is 1. The summed E-state index contributed by atoms with van der Waals surface area (Å²) in [5.74, 6) is 1.49. The molecule has 28 heavy (non-hydrogen) atoms. The van der Waals surface area contributed by atoms with E-state index in [4.69, 9.17) is 14.2 Å². The summed E-state index contributed by atoms with van der Waals surface area (Å²) in [5, 5.41) is 3.35. The fourth-order valence-corrected chi connectivity index (χ4v) is 4.44. The summed E-state index contributed by atoms with van der Waals surface area (Å²) < 4.78 is 42.6. The van der Waals surface area contributed by atoms with Crippen molar-refractivity contribution in [3.63, 3.8) is 0 Å². The van der Waals surface area contributed by atoms with Gasteiger partial charge in [0.1, 0.15) is 11.5 Å². The highest BCUT2D eigenvalue weighted by molar-refractivity contribution is 7.89. The van der Waals surface area contributed by atoms with Crippen molar-refractivity contribution in [3.05, 3.63) is 53.6 Å². The Morgan fingerprint density at radius 1 is 0.929 bits per heavy atom. The van der Waals surface area contributed by atoms with E-state index in [1.54, 1.807) is 26.4 Å². The Balaban J connectivity index is 1.59. The number of ether oxygens (including phenoxy) is 3. The summed E-state index contributed by atoms with van der Waals surface area (Å²) in [4.78, 5) is 0.315. The predicted octanol–water partition coefficient (Wildman–Crippen LogP) is 2.01. The maximum atomic E-state index is 12.6. The molecule has 1 fully saturated rings. The van der Waals surface area contributed by atoms with Gasteiger partial charge in [0.2, 0.25) is 10.0 Å². The molecule has 0 bridgehead atoms. The number of methoxy groups -OCH3 is 2. The van der Waals surface area contributed by atoms with E-state index in [0.29, 0.717) is 44.3 Å². The van der Waals surface area contributed by atoms with E-state index in [-0.39, 0.29) is 0 Å². The fourth-order valence-electron chi connectivity index (χ4n) is 3.03. The van der Waals surface area contributed by atoms with Crippen molar-refractivity contribution in [3.8, 4) is 11.5 Å². The standard InChI is InChI=1S/C20H26N2O5S/c1-25-18-11-17(12-19(13-18)26-2)15-21-14-16-3-5-20(6-4-16)28(23,24)22-7-9-27-10-8-22/h3-6,11-13,21H,7-10,14-15H2,1-2H3. The number of hydrogen-bond acceptors (Lipinski definition) is 6. The molecule has 1 heterocycles. The van der Waals surface area contributed by atoms with Gasteiger partial charge in [-0.05, 0) is 35.4 Å². The highest BCUT2D eigenvalue weighted by Gasteiger charge is 2.25. The van der Waals surface area contributed by atoms with E-state index in [2.05, 4.69) is 5.32 Å². The average molecular weight is 407 g/mol. The molecule has 0 spiro atoms. The van der Waals surface area contributed by atoms with Gasteiger partial charge in [-0.3, -0.25) is 0 Å². The highest BCUT2D eigenvalue weighted by atomic mass is 32.2. The molecular formula is C20H26N2O5S. The van der Waals surface area contributed by atoms with Crippen LogP contribution in [0.1, 0.15) is 11.1 Å². The zero-order valence-corrected chi connectivity index (χ0v) is 17.0. The lowest BCUT2D eigenvalue weighted by molar-refractivity contribution is 0.0730. The monoisotopic (exact) mass is 406 g/mol. The molecule has 1 aliphatic rings. The molecule has 0 radical (unpaired) electrons. The average Bonchev–Trinajstić information content (AvgIpc) is 2.74. The number of benzene rings is 2. The van der Waals surface area contributed by atoms with Crippen LogP contribution in [0.5, 0.6) is 11.5 Å². The topological polar surface area (TPSA) is 77.1 Å². The Labute approximate surface area is 166 Å². The lowest BCUT2D eigenvalue weighted by atomic mass is 10.2. The number of nitrogens with one attached hydrogen (secondary N) is 1.